The minimum Gasteiger partial charge on any atom is -0.208 e. The Labute approximate surface area is 234 Å². The van der Waals surface area contributed by atoms with Gasteiger partial charge in [0.05, 0.1) is 0 Å². The smallest absolute Gasteiger partial charge is 0.165 e. The van der Waals surface area contributed by atoms with E-state index in [2.05, 4.69) is 92.7 Å². The minimum absolute atomic E-state index is 0.134. The van der Waals surface area contributed by atoms with Crippen molar-refractivity contribution in [1.82, 2.24) is 15.0 Å². The maximum atomic E-state index is 5.22. The lowest BCUT2D eigenvalue weighted by Crippen LogP contribution is -2.15. The van der Waals surface area contributed by atoms with Crippen LogP contribution in [0.3, 0.4) is 0 Å². The topological polar surface area (TPSA) is 38.7 Å². The predicted octanol–water partition coefficient (Wildman–Crippen LogP) is 8.75. The molecule has 0 radical (unpaired) electrons. The lowest BCUT2D eigenvalue weighted by Gasteiger charge is -2.23. The molecule has 0 saturated carbocycles. The van der Waals surface area contributed by atoms with E-state index < -0.39 is 0 Å². The average molecular weight is 514 g/mol. The monoisotopic (exact) mass is 513 g/mol. The van der Waals surface area contributed by atoms with Gasteiger partial charge >= 0.3 is 0 Å². The van der Waals surface area contributed by atoms with Gasteiger partial charge in [-0.15, -0.1) is 0 Å². The second-order valence-electron chi connectivity index (χ2n) is 11.2. The molecule has 3 nitrogen and oxygen atoms in total. The van der Waals surface area contributed by atoms with Gasteiger partial charge in [0.15, 0.2) is 17.5 Å². The summed E-state index contributed by atoms with van der Waals surface area (Å²) in [7, 11) is 0. The van der Waals surface area contributed by atoms with Crippen LogP contribution in [0.2, 0.25) is 0 Å². The molecule has 1 aromatic heterocycles. The van der Waals surface area contributed by atoms with E-state index in [1.807, 2.05) is 36.4 Å². The van der Waals surface area contributed by atoms with E-state index in [0.717, 1.165) is 28.9 Å². The molecule has 5 aromatic carbocycles. The molecule has 190 valence electrons. The minimum atomic E-state index is -0.134. The molecule has 0 bridgehead atoms. The summed E-state index contributed by atoms with van der Waals surface area (Å²) in [5.74, 6) is 2.12. The van der Waals surface area contributed by atoms with Crippen molar-refractivity contribution in [3.05, 3.63) is 138 Å². The third kappa shape index (κ3) is 3.34. The Bertz CT molecular complexity index is 1880. The SMILES string of the molecule is CC1(C)c2ccccc2-c2c1cc1c(c2-c2nc(-c3ccccc3)nc(-c3ccccc3)n2)Cc2ccccc2-1. The first-order chi connectivity index (χ1) is 19.6. The first-order valence-corrected chi connectivity index (χ1v) is 13.9. The van der Waals surface area contributed by atoms with Gasteiger partial charge in [-0.25, -0.2) is 15.0 Å². The summed E-state index contributed by atoms with van der Waals surface area (Å²) in [5, 5.41) is 0. The van der Waals surface area contributed by atoms with Gasteiger partial charge in [0, 0.05) is 22.1 Å². The standard InChI is InChI=1S/C37H27N3/c1-37(2)30-20-12-11-19-27(30)32-31(37)22-28-26-18-10-9-17-25(26)21-29(28)33(32)36-39-34(23-13-5-3-6-14-23)38-35(40-36)24-15-7-4-8-16-24/h3-20,22H,21H2,1-2H3. The maximum absolute atomic E-state index is 5.22. The van der Waals surface area contributed by atoms with Crippen molar-refractivity contribution in [1.29, 1.82) is 0 Å². The van der Waals surface area contributed by atoms with E-state index in [9.17, 15) is 0 Å². The van der Waals surface area contributed by atoms with E-state index in [4.69, 9.17) is 15.0 Å². The molecule has 0 aliphatic heterocycles. The third-order valence-electron chi connectivity index (χ3n) is 8.58. The molecule has 0 unspecified atom stereocenters. The van der Waals surface area contributed by atoms with Crippen LogP contribution in [0.15, 0.2) is 115 Å². The molecule has 8 rings (SSSR count). The van der Waals surface area contributed by atoms with Gasteiger partial charge in [-0.2, -0.15) is 0 Å². The van der Waals surface area contributed by atoms with Crippen molar-refractivity contribution in [3.63, 3.8) is 0 Å². The number of hydrogen-bond donors (Lipinski definition) is 0. The molecule has 3 heteroatoms. The molecule has 2 aliphatic carbocycles. The van der Waals surface area contributed by atoms with Crippen LogP contribution < -0.4 is 0 Å². The molecular weight excluding hydrogens is 486 g/mol. The highest BCUT2D eigenvalue weighted by Gasteiger charge is 2.40. The van der Waals surface area contributed by atoms with Gasteiger partial charge in [0.2, 0.25) is 0 Å². The molecule has 1 heterocycles. The van der Waals surface area contributed by atoms with Gasteiger partial charge < -0.3 is 0 Å². The fourth-order valence-corrected chi connectivity index (χ4v) is 6.61. The molecule has 0 saturated heterocycles. The van der Waals surface area contributed by atoms with Crippen molar-refractivity contribution in [3.8, 4) is 56.4 Å². The quantitative estimate of drug-likeness (QED) is 0.237. The summed E-state index contributed by atoms with van der Waals surface area (Å²) >= 11 is 0. The van der Waals surface area contributed by atoms with Crippen LogP contribution in [0.1, 0.15) is 36.1 Å². The van der Waals surface area contributed by atoms with E-state index in [1.54, 1.807) is 0 Å². The first kappa shape index (κ1) is 23.0. The summed E-state index contributed by atoms with van der Waals surface area (Å²) in [6.07, 6.45) is 0.865. The lowest BCUT2D eigenvalue weighted by atomic mass is 9.80. The third-order valence-corrected chi connectivity index (χ3v) is 8.58. The fourth-order valence-electron chi connectivity index (χ4n) is 6.61. The van der Waals surface area contributed by atoms with E-state index in [0.29, 0.717) is 11.6 Å². The zero-order chi connectivity index (χ0) is 26.8. The summed E-state index contributed by atoms with van der Waals surface area (Å²) in [5.41, 5.74) is 13.5. The van der Waals surface area contributed by atoms with Crippen LogP contribution in [-0.2, 0) is 11.8 Å². The number of aromatic nitrogens is 3. The van der Waals surface area contributed by atoms with Crippen molar-refractivity contribution in [2.75, 3.05) is 0 Å². The number of rotatable bonds is 3. The highest BCUT2D eigenvalue weighted by molar-refractivity contribution is 5.98. The second-order valence-corrected chi connectivity index (χ2v) is 11.2. The van der Waals surface area contributed by atoms with Gasteiger partial charge in [-0.1, -0.05) is 123 Å². The van der Waals surface area contributed by atoms with Gasteiger partial charge in [-0.3, -0.25) is 0 Å². The van der Waals surface area contributed by atoms with Crippen LogP contribution in [0.25, 0.3) is 56.4 Å². The van der Waals surface area contributed by atoms with Crippen LogP contribution in [0.5, 0.6) is 0 Å². The normalized spacial score (nSPS) is 13.8. The molecule has 2 aliphatic rings. The Morgan fingerprint density at radius 1 is 0.500 bits per heavy atom. The fraction of sp³-hybridized carbons (Fsp3) is 0.108. The van der Waals surface area contributed by atoms with Crippen molar-refractivity contribution in [2.24, 2.45) is 0 Å². The number of benzene rings is 5. The number of nitrogens with zero attached hydrogens (tertiary/aromatic N) is 3. The van der Waals surface area contributed by atoms with E-state index in [-0.39, 0.29) is 5.41 Å². The number of hydrogen-bond acceptors (Lipinski definition) is 3. The molecule has 6 aromatic rings. The lowest BCUT2D eigenvalue weighted by molar-refractivity contribution is 0.660. The van der Waals surface area contributed by atoms with Crippen LogP contribution in [0, 0.1) is 0 Å². The molecule has 0 amide bonds. The maximum Gasteiger partial charge on any atom is 0.165 e. The zero-order valence-corrected chi connectivity index (χ0v) is 22.5. The zero-order valence-electron chi connectivity index (χ0n) is 22.5. The Kier molecular flexibility index (Phi) is 4.93. The van der Waals surface area contributed by atoms with Crippen molar-refractivity contribution in [2.45, 2.75) is 25.7 Å². The Morgan fingerprint density at radius 3 is 1.73 bits per heavy atom. The summed E-state index contributed by atoms with van der Waals surface area (Å²) in [4.78, 5) is 15.4. The Balaban J connectivity index is 1.49. The first-order valence-electron chi connectivity index (χ1n) is 13.9. The molecule has 0 fully saturated rings. The highest BCUT2D eigenvalue weighted by atomic mass is 15.0. The molecule has 0 N–H and O–H groups in total. The van der Waals surface area contributed by atoms with E-state index >= 15 is 0 Å². The van der Waals surface area contributed by atoms with Gasteiger partial charge in [0.25, 0.3) is 0 Å². The summed E-state index contributed by atoms with van der Waals surface area (Å²) in [6, 6.07) is 40.5. The largest absolute Gasteiger partial charge is 0.208 e. The van der Waals surface area contributed by atoms with Crippen molar-refractivity contribution >= 4 is 0 Å². The van der Waals surface area contributed by atoms with Gasteiger partial charge in [-0.05, 0) is 57.0 Å². The molecule has 0 atom stereocenters. The summed E-state index contributed by atoms with van der Waals surface area (Å²) < 4.78 is 0. The summed E-state index contributed by atoms with van der Waals surface area (Å²) in [6.45, 7) is 4.68. The Morgan fingerprint density at radius 2 is 1.05 bits per heavy atom. The van der Waals surface area contributed by atoms with Crippen molar-refractivity contribution < 1.29 is 0 Å². The molecule has 0 spiro atoms. The molecular formula is C37H27N3. The number of fused-ring (bicyclic) bond motifs is 6. The van der Waals surface area contributed by atoms with Crippen LogP contribution >= 0.6 is 0 Å². The predicted molar refractivity (Wildman–Crippen MR) is 162 cm³/mol. The average Bonchev–Trinajstić information content (AvgIpc) is 3.49. The molecule has 40 heavy (non-hydrogen) atoms. The van der Waals surface area contributed by atoms with Crippen LogP contribution in [0.4, 0.5) is 0 Å². The second kappa shape index (κ2) is 8.56. The highest BCUT2D eigenvalue weighted by Crippen LogP contribution is 2.56. The van der Waals surface area contributed by atoms with Crippen LogP contribution in [-0.4, -0.2) is 15.0 Å². The Hall–Kier alpha value is -4.89. The van der Waals surface area contributed by atoms with E-state index in [1.165, 1.54) is 44.5 Å². The van der Waals surface area contributed by atoms with Gasteiger partial charge in [0.1, 0.15) is 0 Å².